The van der Waals surface area contributed by atoms with Crippen LogP contribution >= 0.6 is 43.2 Å². The molecule has 0 atom stereocenters. The van der Waals surface area contributed by atoms with Gasteiger partial charge in [0.15, 0.2) is 0 Å². The van der Waals surface area contributed by atoms with E-state index in [2.05, 4.69) is 56.2 Å². The smallest absolute Gasteiger partial charge is 0.134 e. The molecule has 0 spiro atoms. The molecular formula is C15H17Br2NO2S. The third-order valence-electron chi connectivity index (χ3n) is 2.84. The van der Waals surface area contributed by atoms with Crippen LogP contribution in [0.3, 0.4) is 0 Å². The first-order valence-corrected chi connectivity index (χ1v) is 8.92. The molecule has 0 fully saturated rings. The average molecular weight is 435 g/mol. The van der Waals surface area contributed by atoms with Crippen molar-refractivity contribution in [3.8, 4) is 11.5 Å². The molecule has 1 heterocycles. The van der Waals surface area contributed by atoms with E-state index in [1.165, 1.54) is 9.75 Å². The lowest BCUT2D eigenvalue weighted by molar-refractivity contribution is 0.311. The summed E-state index contributed by atoms with van der Waals surface area (Å²) in [5, 5.41) is 3.38. The minimum absolute atomic E-state index is 0.613. The Kier molecular flexibility index (Phi) is 6.54. The van der Waals surface area contributed by atoms with Gasteiger partial charge in [0.2, 0.25) is 0 Å². The maximum absolute atomic E-state index is 5.77. The maximum Gasteiger partial charge on any atom is 0.134 e. The van der Waals surface area contributed by atoms with Gasteiger partial charge in [0.1, 0.15) is 18.1 Å². The number of ether oxygens (including phenoxy) is 2. The number of nitrogens with one attached hydrogen (secondary N) is 1. The van der Waals surface area contributed by atoms with Crippen molar-refractivity contribution < 1.29 is 9.47 Å². The van der Waals surface area contributed by atoms with E-state index in [4.69, 9.17) is 9.47 Å². The van der Waals surface area contributed by atoms with Gasteiger partial charge in [-0.05, 0) is 63.0 Å². The molecular weight excluding hydrogens is 418 g/mol. The Balaban J connectivity index is 1.77. The van der Waals surface area contributed by atoms with Crippen molar-refractivity contribution in [2.24, 2.45) is 0 Å². The molecule has 1 N–H and O–H groups in total. The molecule has 1 aromatic carbocycles. The molecule has 6 heteroatoms. The maximum atomic E-state index is 5.77. The molecule has 0 saturated heterocycles. The minimum Gasteiger partial charge on any atom is -0.496 e. The van der Waals surface area contributed by atoms with E-state index < -0.39 is 0 Å². The number of hydrogen-bond acceptors (Lipinski definition) is 4. The zero-order valence-corrected chi connectivity index (χ0v) is 15.9. The van der Waals surface area contributed by atoms with Crippen LogP contribution in [0, 0.1) is 6.92 Å². The van der Waals surface area contributed by atoms with Crippen LogP contribution in [0.4, 0.5) is 0 Å². The van der Waals surface area contributed by atoms with Gasteiger partial charge in [-0.3, -0.25) is 0 Å². The Morgan fingerprint density at radius 1 is 1.14 bits per heavy atom. The standard InChI is InChI=1S/C15H17Br2NO2S/c1-10-3-4-11(21-10)9-18-5-6-20-15-8-12(16)14(19-2)7-13(15)17/h3-4,7-8,18H,5-6,9H2,1-2H3. The molecule has 1 aromatic heterocycles. The zero-order valence-electron chi connectivity index (χ0n) is 11.9. The van der Waals surface area contributed by atoms with Gasteiger partial charge in [0.05, 0.1) is 16.1 Å². The van der Waals surface area contributed by atoms with E-state index in [1.54, 1.807) is 7.11 Å². The zero-order chi connectivity index (χ0) is 15.2. The number of hydrogen-bond donors (Lipinski definition) is 1. The van der Waals surface area contributed by atoms with Crippen LogP contribution in [-0.4, -0.2) is 20.3 Å². The summed E-state index contributed by atoms with van der Waals surface area (Å²) in [6.07, 6.45) is 0. The Labute approximate surface area is 145 Å². The number of methoxy groups -OCH3 is 1. The highest BCUT2D eigenvalue weighted by Gasteiger charge is 2.08. The van der Waals surface area contributed by atoms with Crippen LogP contribution in [0.15, 0.2) is 33.2 Å². The van der Waals surface area contributed by atoms with Crippen molar-refractivity contribution in [1.29, 1.82) is 0 Å². The van der Waals surface area contributed by atoms with Gasteiger partial charge >= 0.3 is 0 Å². The Hall–Kier alpha value is -0.560. The Morgan fingerprint density at radius 2 is 1.86 bits per heavy atom. The van der Waals surface area contributed by atoms with E-state index in [-0.39, 0.29) is 0 Å². The lowest BCUT2D eigenvalue weighted by Gasteiger charge is -2.11. The third kappa shape index (κ3) is 4.98. The van der Waals surface area contributed by atoms with Crippen molar-refractivity contribution in [2.45, 2.75) is 13.5 Å². The number of rotatable bonds is 7. The van der Waals surface area contributed by atoms with Crippen molar-refractivity contribution in [3.63, 3.8) is 0 Å². The number of halogens is 2. The lowest BCUT2D eigenvalue weighted by Crippen LogP contribution is -2.20. The average Bonchev–Trinajstić information content (AvgIpc) is 2.87. The quantitative estimate of drug-likeness (QED) is 0.637. The van der Waals surface area contributed by atoms with Crippen molar-refractivity contribution in [1.82, 2.24) is 5.32 Å². The number of thiophene rings is 1. The van der Waals surface area contributed by atoms with Gasteiger partial charge in [-0.25, -0.2) is 0 Å². The predicted molar refractivity (Wildman–Crippen MR) is 94.7 cm³/mol. The van der Waals surface area contributed by atoms with Gasteiger partial charge < -0.3 is 14.8 Å². The normalized spacial score (nSPS) is 10.7. The first-order valence-electron chi connectivity index (χ1n) is 6.52. The fraction of sp³-hybridized carbons (Fsp3) is 0.333. The van der Waals surface area contributed by atoms with E-state index in [0.717, 1.165) is 33.5 Å². The van der Waals surface area contributed by atoms with Crippen LogP contribution < -0.4 is 14.8 Å². The first-order chi connectivity index (χ1) is 10.1. The van der Waals surface area contributed by atoms with Gasteiger partial charge in [0.25, 0.3) is 0 Å². The molecule has 114 valence electrons. The Bertz CT molecular complexity index is 601. The van der Waals surface area contributed by atoms with Crippen LogP contribution in [0.25, 0.3) is 0 Å². The summed E-state index contributed by atoms with van der Waals surface area (Å²) >= 11 is 8.76. The summed E-state index contributed by atoms with van der Waals surface area (Å²) in [6, 6.07) is 8.10. The van der Waals surface area contributed by atoms with Crippen LogP contribution in [0.2, 0.25) is 0 Å². The molecule has 2 aromatic rings. The fourth-order valence-electron chi connectivity index (χ4n) is 1.80. The second-order valence-corrected chi connectivity index (χ2v) is 7.54. The fourth-order valence-corrected chi connectivity index (χ4v) is 3.58. The molecule has 0 aliphatic rings. The molecule has 3 nitrogen and oxygen atoms in total. The van der Waals surface area contributed by atoms with Gasteiger partial charge in [-0.15, -0.1) is 11.3 Å². The van der Waals surface area contributed by atoms with Gasteiger partial charge in [0, 0.05) is 22.8 Å². The monoisotopic (exact) mass is 433 g/mol. The SMILES string of the molecule is COc1cc(Br)c(OCCNCc2ccc(C)s2)cc1Br. The molecule has 0 radical (unpaired) electrons. The first kappa shape index (κ1) is 16.8. The minimum atomic E-state index is 0.613. The van der Waals surface area contributed by atoms with Crippen LogP contribution in [0.5, 0.6) is 11.5 Å². The molecule has 0 amide bonds. The largest absolute Gasteiger partial charge is 0.496 e. The van der Waals surface area contributed by atoms with Gasteiger partial charge in [-0.1, -0.05) is 0 Å². The number of benzene rings is 1. The summed E-state index contributed by atoms with van der Waals surface area (Å²) in [4.78, 5) is 2.69. The van der Waals surface area contributed by atoms with E-state index in [9.17, 15) is 0 Å². The van der Waals surface area contributed by atoms with E-state index in [0.29, 0.717) is 6.61 Å². The lowest BCUT2D eigenvalue weighted by atomic mass is 10.3. The third-order valence-corrected chi connectivity index (χ3v) is 5.08. The van der Waals surface area contributed by atoms with Gasteiger partial charge in [-0.2, -0.15) is 0 Å². The highest BCUT2D eigenvalue weighted by atomic mass is 79.9. The topological polar surface area (TPSA) is 30.5 Å². The highest BCUT2D eigenvalue weighted by molar-refractivity contribution is 9.11. The summed E-state index contributed by atoms with van der Waals surface area (Å²) in [5.74, 6) is 1.58. The predicted octanol–water partition coefficient (Wildman–Crippen LogP) is 4.76. The van der Waals surface area contributed by atoms with E-state index in [1.807, 2.05) is 23.5 Å². The molecule has 0 saturated carbocycles. The molecule has 21 heavy (non-hydrogen) atoms. The molecule has 2 rings (SSSR count). The molecule has 0 aliphatic heterocycles. The molecule has 0 bridgehead atoms. The van der Waals surface area contributed by atoms with Crippen molar-refractivity contribution in [2.75, 3.05) is 20.3 Å². The highest BCUT2D eigenvalue weighted by Crippen LogP contribution is 2.35. The van der Waals surface area contributed by atoms with E-state index >= 15 is 0 Å². The summed E-state index contributed by atoms with van der Waals surface area (Å²) in [7, 11) is 1.64. The second kappa shape index (κ2) is 8.17. The van der Waals surface area contributed by atoms with Crippen molar-refractivity contribution in [3.05, 3.63) is 43.0 Å². The summed E-state index contributed by atoms with van der Waals surface area (Å²) in [6.45, 7) is 4.42. The van der Waals surface area contributed by atoms with Crippen LogP contribution in [-0.2, 0) is 6.54 Å². The molecule has 0 unspecified atom stereocenters. The summed E-state index contributed by atoms with van der Waals surface area (Å²) < 4.78 is 12.8. The second-order valence-electron chi connectivity index (χ2n) is 4.45. The summed E-state index contributed by atoms with van der Waals surface area (Å²) in [5.41, 5.74) is 0. The Morgan fingerprint density at radius 3 is 2.52 bits per heavy atom. The van der Waals surface area contributed by atoms with Crippen LogP contribution in [0.1, 0.15) is 9.75 Å². The number of aryl methyl sites for hydroxylation is 1. The van der Waals surface area contributed by atoms with Crippen molar-refractivity contribution >= 4 is 43.2 Å². The molecule has 0 aliphatic carbocycles.